The molecule has 0 aromatic heterocycles. The molecule has 0 heterocycles. The lowest BCUT2D eigenvalue weighted by molar-refractivity contribution is -0.153. The minimum absolute atomic E-state index is 0.102. The molecule has 3 unspecified atom stereocenters. The maximum atomic E-state index is 11.7. The van der Waals surface area contributed by atoms with Gasteiger partial charge in [0.25, 0.3) is 0 Å². The number of carbonyl (C=O) groups is 2. The van der Waals surface area contributed by atoms with Gasteiger partial charge < -0.3 is 10.4 Å². The fourth-order valence-electron chi connectivity index (χ4n) is 1.61. The van der Waals surface area contributed by atoms with Gasteiger partial charge in [-0.25, -0.2) is 0 Å². The number of carboxylic acid groups (broad SMARTS) is 1. The molecule has 1 saturated carbocycles. The highest BCUT2D eigenvalue weighted by atomic mass is 16.4. The highest BCUT2D eigenvalue weighted by molar-refractivity contribution is 5.86. The van der Waals surface area contributed by atoms with Crippen molar-refractivity contribution in [3.8, 4) is 0 Å². The standard InChI is InChI=1S/C11H19NO3/c1-6(2)7(3)12-10(13)8-4-5-9(8)11(14)15/h6-9H,4-5H2,1-3H3,(H,12,13)(H,14,15). The summed E-state index contributed by atoms with van der Waals surface area (Å²) in [5.74, 6) is -1.36. The van der Waals surface area contributed by atoms with Crippen molar-refractivity contribution >= 4 is 11.9 Å². The van der Waals surface area contributed by atoms with E-state index in [1.165, 1.54) is 0 Å². The molecule has 0 aromatic carbocycles. The molecular formula is C11H19NO3. The number of nitrogens with one attached hydrogen (secondary N) is 1. The number of rotatable bonds is 4. The van der Waals surface area contributed by atoms with Crippen LogP contribution < -0.4 is 5.32 Å². The van der Waals surface area contributed by atoms with Crippen LogP contribution in [0.3, 0.4) is 0 Å². The molecule has 4 nitrogen and oxygen atoms in total. The molecule has 3 atom stereocenters. The van der Waals surface area contributed by atoms with Crippen molar-refractivity contribution in [2.24, 2.45) is 17.8 Å². The summed E-state index contributed by atoms with van der Waals surface area (Å²) in [6, 6.07) is 0.104. The lowest BCUT2D eigenvalue weighted by Crippen LogP contribution is -2.47. The third-order valence-electron chi connectivity index (χ3n) is 3.30. The minimum atomic E-state index is -0.849. The average molecular weight is 213 g/mol. The van der Waals surface area contributed by atoms with E-state index in [1.54, 1.807) is 0 Å². The van der Waals surface area contributed by atoms with Crippen LogP contribution in [0.4, 0.5) is 0 Å². The van der Waals surface area contributed by atoms with E-state index in [0.29, 0.717) is 18.8 Å². The summed E-state index contributed by atoms with van der Waals surface area (Å²) in [6.45, 7) is 6.00. The predicted molar refractivity (Wildman–Crippen MR) is 56.3 cm³/mol. The summed E-state index contributed by atoms with van der Waals surface area (Å²) in [6.07, 6.45) is 1.33. The van der Waals surface area contributed by atoms with Crippen molar-refractivity contribution in [2.45, 2.75) is 39.7 Å². The second kappa shape index (κ2) is 4.64. The third kappa shape index (κ3) is 2.70. The highest BCUT2D eigenvalue weighted by Crippen LogP contribution is 2.34. The first-order valence-electron chi connectivity index (χ1n) is 5.46. The minimum Gasteiger partial charge on any atom is -0.481 e. The van der Waals surface area contributed by atoms with Crippen molar-refractivity contribution < 1.29 is 14.7 Å². The molecule has 1 amide bonds. The lowest BCUT2D eigenvalue weighted by Gasteiger charge is -2.33. The summed E-state index contributed by atoms with van der Waals surface area (Å²) in [7, 11) is 0. The zero-order valence-electron chi connectivity index (χ0n) is 9.49. The Labute approximate surface area is 90.0 Å². The third-order valence-corrected chi connectivity index (χ3v) is 3.30. The molecule has 2 N–H and O–H groups in total. The molecule has 0 saturated heterocycles. The smallest absolute Gasteiger partial charge is 0.307 e. The molecule has 1 aliphatic rings. The maximum Gasteiger partial charge on any atom is 0.307 e. The van der Waals surface area contributed by atoms with Crippen molar-refractivity contribution in [1.82, 2.24) is 5.32 Å². The summed E-state index contributed by atoms with van der Waals surface area (Å²) in [4.78, 5) is 22.4. The van der Waals surface area contributed by atoms with E-state index in [2.05, 4.69) is 5.32 Å². The van der Waals surface area contributed by atoms with Gasteiger partial charge in [-0.15, -0.1) is 0 Å². The van der Waals surface area contributed by atoms with E-state index in [4.69, 9.17) is 5.11 Å². The van der Waals surface area contributed by atoms with Gasteiger partial charge in [-0.2, -0.15) is 0 Å². The van der Waals surface area contributed by atoms with Gasteiger partial charge in [-0.3, -0.25) is 9.59 Å². The fourth-order valence-corrected chi connectivity index (χ4v) is 1.61. The van der Waals surface area contributed by atoms with Crippen molar-refractivity contribution in [3.63, 3.8) is 0 Å². The molecule has 15 heavy (non-hydrogen) atoms. The second-order valence-corrected chi connectivity index (χ2v) is 4.67. The van der Waals surface area contributed by atoms with E-state index in [9.17, 15) is 9.59 Å². The van der Waals surface area contributed by atoms with Crippen LogP contribution in [0, 0.1) is 17.8 Å². The highest BCUT2D eigenvalue weighted by Gasteiger charge is 2.41. The Morgan fingerprint density at radius 3 is 2.07 bits per heavy atom. The first-order chi connectivity index (χ1) is 6.93. The number of hydrogen-bond acceptors (Lipinski definition) is 2. The van der Waals surface area contributed by atoms with Gasteiger partial charge in [-0.05, 0) is 25.7 Å². The van der Waals surface area contributed by atoms with E-state index in [1.807, 2.05) is 20.8 Å². The van der Waals surface area contributed by atoms with Gasteiger partial charge >= 0.3 is 5.97 Å². The van der Waals surface area contributed by atoms with Crippen LogP contribution in [0.25, 0.3) is 0 Å². The molecule has 1 rings (SSSR count). The second-order valence-electron chi connectivity index (χ2n) is 4.67. The molecule has 0 spiro atoms. The van der Waals surface area contributed by atoms with Crippen molar-refractivity contribution in [1.29, 1.82) is 0 Å². The molecule has 86 valence electrons. The quantitative estimate of drug-likeness (QED) is 0.738. The zero-order valence-corrected chi connectivity index (χ0v) is 9.49. The number of carbonyl (C=O) groups excluding carboxylic acids is 1. The van der Waals surface area contributed by atoms with Gasteiger partial charge in [0.2, 0.25) is 5.91 Å². The molecule has 0 aromatic rings. The van der Waals surface area contributed by atoms with Gasteiger partial charge in [0.15, 0.2) is 0 Å². The van der Waals surface area contributed by atoms with Crippen molar-refractivity contribution in [3.05, 3.63) is 0 Å². The topological polar surface area (TPSA) is 66.4 Å². The number of amides is 1. The Bertz CT molecular complexity index is 263. The Kier molecular flexibility index (Phi) is 3.72. The first kappa shape index (κ1) is 12.0. The van der Waals surface area contributed by atoms with Crippen LogP contribution in [0.15, 0.2) is 0 Å². The summed E-state index contributed by atoms with van der Waals surface area (Å²) < 4.78 is 0. The van der Waals surface area contributed by atoms with Crippen LogP contribution in [0.1, 0.15) is 33.6 Å². The van der Waals surface area contributed by atoms with Crippen LogP contribution in [0.5, 0.6) is 0 Å². The van der Waals surface area contributed by atoms with Crippen molar-refractivity contribution in [2.75, 3.05) is 0 Å². The van der Waals surface area contributed by atoms with Crippen LogP contribution in [-0.2, 0) is 9.59 Å². The van der Waals surface area contributed by atoms with Gasteiger partial charge in [0.1, 0.15) is 0 Å². The molecule has 0 aliphatic heterocycles. The molecule has 1 aliphatic carbocycles. The van der Waals surface area contributed by atoms with E-state index < -0.39 is 11.9 Å². The van der Waals surface area contributed by atoms with E-state index >= 15 is 0 Å². The summed E-state index contributed by atoms with van der Waals surface area (Å²) in [5, 5.41) is 11.7. The Morgan fingerprint density at radius 2 is 1.73 bits per heavy atom. The first-order valence-corrected chi connectivity index (χ1v) is 5.46. The predicted octanol–water partition coefficient (Wildman–Crippen LogP) is 1.26. The van der Waals surface area contributed by atoms with Gasteiger partial charge in [-0.1, -0.05) is 13.8 Å². The Hall–Kier alpha value is -1.06. The lowest BCUT2D eigenvalue weighted by atomic mass is 9.73. The van der Waals surface area contributed by atoms with Gasteiger partial charge in [0.05, 0.1) is 11.8 Å². The molecule has 0 bridgehead atoms. The molecule has 1 fully saturated rings. The number of aliphatic carboxylic acids is 1. The largest absolute Gasteiger partial charge is 0.481 e. The average Bonchev–Trinajstić information content (AvgIpc) is 1.99. The summed E-state index contributed by atoms with van der Waals surface area (Å²) in [5.41, 5.74) is 0. The Morgan fingerprint density at radius 1 is 1.20 bits per heavy atom. The molecular weight excluding hydrogens is 194 g/mol. The van der Waals surface area contributed by atoms with E-state index in [-0.39, 0.29) is 17.9 Å². The number of carboxylic acids is 1. The molecule has 4 heteroatoms. The zero-order chi connectivity index (χ0) is 11.6. The van der Waals surface area contributed by atoms with Gasteiger partial charge in [0, 0.05) is 6.04 Å². The SMILES string of the molecule is CC(C)C(C)NC(=O)C1CCC1C(=O)O. The normalized spacial score (nSPS) is 26.9. The summed E-state index contributed by atoms with van der Waals surface area (Å²) >= 11 is 0. The van der Waals surface area contributed by atoms with Crippen LogP contribution in [0.2, 0.25) is 0 Å². The fraction of sp³-hybridized carbons (Fsp3) is 0.818. The van der Waals surface area contributed by atoms with Crippen LogP contribution in [-0.4, -0.2) is 23.0 Å². The monoisotopic (exact) mass is 213 g/mol. The Balaban J connectivity index is 2.44. The van der Waals surface area contributed by atoms with Crippen LogP contribution >= 0.6 is 0 Å². The van der Waals surface area contributed by atoms with E-state index in [0.717, 1.165) is 0 Å². The number of hydrogen-bond donors (Lipinski definition) is 2. The maximum absolute atomic E-state index is 11.7. The molecule has 0 radical (unpaired) electrons.